The van der Waals surface area contributed by atoms with Gasteiger partial charge in [-0.1, -0.05) is 59.1 Å². The molecule has 0 aromatic heterocycles. The summed E-state index contributed by atoms with van der Waals surface area (Å²) in [7, 11) is -3.51. The first-order valence-electron chi connectivity index (χ1n) is 11.9. The molecule has 0 unspecified atom stereocenters. The second kappa shape index (κ2) is 13.6. The normalized spacial score (nSPS) is 12.1. The Morgan fingerprint density at radius 3 is 2.37 bits per heavy atom. The summed E-state index contributed by atoms with van der Waals surface area (Å²) in [5.74, 6) is -0.389. The number of aryl methyl sites for hydroxylation is 1. The number of amides is 2. The van der Waals surface area contributed by atoms with Crippen LogP contribution >= 0.6 is 15.9 Å². The Morgan fingerprint density at radius 2 is 1.77 bits per heavy atom. The molecule has 0 fully saturated rings. The number of sulfonamides is 1. The zero-order chi connectivity index (χ0) is 26.0. The van der Waals surface area contributed by atoms with E-state index in [4.69, 9.17) is 0 Å². The van der Waals surface area contributed by atoms with Crippen LogP contribution in [0.4, 0.5) is 5.69 Å². The molecule has 0 radical (unpaired) electrons. The summed E-state index contributed by atoms with van der Waals surface area (Å²) < 4.78 is 27.0. The molecule has 2 aromatic rings. The number of unbranched alkanes of at least 4 members (excludes halogenated alkanes) is 1. The molecule has 0 aliphatic heterocycles. The van der Waals surface area contributed by atoms with Gasteiger partial charge in [0.05, 0.1) is 11.9 Å². The van der Waals surface area contributed by atoms with Gasteiger partial charge < -0.3 is 10.2 Å². The summed E-state index contributed by atoms with van der Waals surface area (Å²) in [6.07, 6.45) is 3.46. The quantitative estimate of drug-likeness (QED) is 0.358. The summed E-state index contributed by atoms with van der Waals surface area (Å²) in [4.78, 5) is 27.6. The van der Waals surface area contributed by atoms with Crippen LogP contribution in [0.3, 0.4) is 0 Å². The van der Waals surface area contributed by atoms with Gasteiger partial charge in [-0.25, -0.2) is 8.42 Å². The summed E-state index contributed by atoms with van der Waals surface area (Å²) in [5.41, 5.74) is 2.50. The number of nitrogens with one attached hydrogen (secondary N) is 1. The van der Waals surface area contributed by atoms with Gasteiger partial charge in [-0.3, -0.25) is 13.9 Å². The van der Waals surface area contributed by atoms with E-state index >= 15 is 0 Å². The summed E-state index contributed by atoms with van der Waals surface area (Å²) in [6, 6.07) is 14.2. The number of hydrogen-bond acceptors (Lipinski definition) is 4. The first kappa shape index (κ1) is 28.8. The van der Waals surface area contributed by atoms with Crippen LogP contribution in [-0.2, 0) is 26.2 Å². The molecule has 0 saturated heterocycles. The molecule has 1 atom stereocenters. The Bertz CT molecular complexity index is 1090. The molecule has 0 saturated carbocycles. The molecule has 0 spiro atoms. The molecular weight excluding hydrogens is 530 g/mol. The van der Waals surface area contributed by atoms with Crippen LogP contribution in [0.2, 0.25) is 0 Å². The van der Waals surface area contributed by atoms with Gasteiger partial charge in [0.25, 0.3) is 0 Å². The van der Waals surface area contributed by atoms with Crippen molar-refractivity contribution in [3.63, 3.8) is 0 Å². The lowest BCUT2D eigenvalue weighted by atomic mass is 10.1. The largest absolute Gasteiger partial charge is 0.354 e. The van der Waals surface area contributed by atoms with Crippen LogP contribution in [0.1, 0.15) is 50.7 Å². The molecule has 1 N–H and O–H groups in total. The maximum absolute atomic E-state index is 13.3. The van der Waals surface area contributed by atoms with Crippen molar-refractivity contribution in [3.8, 4) is 0 Å². The number of nitrogens with zero attached hydrogens (tertiary/aromatic N) is 2. The van der Waals surface area contributed by atoms with Crippen molar-refractivity contribution in [1.82, 2.24) is 10.2 Å². The lowest BCUT2D eigenvalue weighted by Gasteiger charge is -2.29. The fourth-order valence-electron chi connectivity index (χ4n) is 3.67. The standard InChI is InChI=1S/C26H36BrN3O4S/c1-5-6-16-28-26(32)21(3)29(19-22-9-7-10-23(27)18-22)25(31)11-8-17-30(35(4,33)34)24-14-12-20(2)13-15-24/h7,9-10,12-15,18,21H,5-6,8,11,16-17,19H2,1-4H3,(H,28,32)/t21-/m1/s1. The van der Waals surface area contributed by atoms with Gasteiger partial charge in [0.1, 0.15) is 6.04 Å². The molecule has 0 aliphatic rings. The van der Waals surface area contributed by atoms with Crippen molar-refractivity contribution in [2.75, 3.05) is 23.7 Å². The van der Waals surface area contributed by atoms with Gasteiger partial charge in [0, 0.05) is 30.5 Å². The average molecular weight is 567 g/mol. The lowest BCUT2D eigenvalue weighted by molar-refractivity contribution is -0.140. The fraction of sp³-hybridized carbons (Fsp3) is 0.462. The number of carbonyl (C=O) groups excluding carboxylic acids is 2. The number of halogens is 1. The topological polar surface area (TPSA) is 86.8 Å². The van der Waals surface area contributed by atoms with Gasteiger partial charge in [-0.15, -0.1) is 0 Å². The van der Waals surface area contributed by atoms with E-state index < -0.39 is 16.1 Å². The predicted octanol–water partition coefficient (Wildman–Crippen LogP) is 4.64. The highest BCUT2D eigenvalue weighted by Crippen LogP contribution is 2.20. The van der Waals surface area contributed by atoms with Gasteiger partial charge >= 0.3 is 0 Å². The molecule has 9 heteroatoms. The third kappa shape index (κ3) is 9.29. The minimum absolute atomic E-state index is 0.123. The van der Waals surface area contributed by atoms with Crippen molar-refractivity contribution < 1.29 is 18.0 Å². The van der Waals surface area contributed by atoms with Crippen LogP contribution in [0.25, 0.3) is 0 Å². The molecule has 2 amide bonds. The highest BCUT2D eigenvalue weighted by molar-refractivity contribution is 9.10. The molecule has 2 rings (SSSR count). The number of rotatable bonds is 13. The fourth-order valence-corrected chi connectivity index (χ4v) is 5.08. The zero-order valence-electron chi connectivity index (χ0n) is 21.0. The molecular formula is C26H36BrN3O4S. The average Bonchev–Trinajstić information content (AvgIpc) is 2.80. The van der Waals surface area contributed by atoms with Crippen molar-refractivity contribution >= 4 is 43.5 Å². The highest BCUT2D eigenvalue weighted by atomic mass is 79.9. The van der Waals surface area contributed by atoms with Crippen molar-refractivity contribution in [2.45, 2.75) is 59.0 Å². The van der Waals surface area contributed by atoms with E-state index in [1.165, 1.54) is 4.31 Å². The smallest absolute Gasteiger partial charge is 0.242 e. The van der Waals surface area contributed by atoms with E-state index in [0.717, 1.165) is 34.7 Å². The van der Waals surface area contributed by atoms with E-state index in [0.29, 0.717) is 18.7 Å². The van der Waals surface area contributed by atoms with E-state index in [1.807, 2.05) is 43.3 Å². The van der Waals surface area contributed by atoms with Crippen molar-refractivity contribution in [3.05, 3.63) is 64.1 Å². The first-order chi connectivity index (χ1) is 16.5. The Kier molecular flexibility index (Phi) is 11.2. The predicted molar refractivity (Wildman–Crippen MR) is 145 cm³/mol. The Morgan fingerprint density at radius 1 is 1.09 bits per heavy atom. The SMILES string of the molecule is CCCCNC(=O)[C@@H](C)N(Cc1cccc(Br)c1)C(=O)CCCN(c1ccc(C)cc1)S(C)(=O)=O. The van der Waals surface area contributed by atoms with E-state index in [-0.39, 0.29) is 31.3 Å². The van der Waals surface area contributed by atoms with Crippen LogP contribution in [0.15, 0.2) is 53.0 Å². The van der Waals surface area contributed by atoms with Crippen LogP contribution in [-0.4, -0.2) is 50.5 Å². The minimum Gasteiger partial charge on any atom is -0.354 e. The molecule has 0 bridgehead atoms. The van der Waals surface area contributed by atoms with Crippen molar-refractivity contribution in [2.24, 2.45) is 0 Å². The van der Waals surface area contributed by atoms with Crippen LogP contribution in [0, 0.1) is 6.92 Å². The Balaban J connectivity index is 2.13. The van der Waals surface area contributed by atoms with Gasteiger partial charge in [0.2, 0.25) is 21.8 Å². The van der Waals surface area contributed by atoms with Crippen molar-refractivity contribution in [1.29, 1.82) is 0 Å². The Labute approximate surface area is 218 Å². The lowest BCUT2D eigenvalue weighted by Crippen LogP contribution is -2.48. The second-order valence-electron chi connectivity index (χ2n) is 8.75. The maximum atomic E-state index is 13.3. The number of benzene rings is 2. The monoisotopic (exact) mass is 565 g/mol. The number of carbonyl (C=O) groups is 2. The summed E-state index contributed by atoms with van der Waals surface area (Å²) in [5, 5.41) is 2.91. The Hall–Kier alpha value is -2.39. The first-order valence-corrected chi connectivity index (χ1v) is 14.5. The molecule has 7 nitrogen and oxygen atoms in total. The van der Waals surface area contributed by atoms with E-state index in [1.54, 1.807) is 24.0 Å². The maximum Gasteiger partial charge on any atom is 0.242 e. The number of hydrogen-bond donors (Lipinski definition) is 1. The molecule has 0 aliphatic carbocycles. The third-order valence-electron chi connectivity index (χ3n) is 5.71. The minimum atomic E-state index is -3.51. The van der Waals surface area contributed by atoms with Gasteiger partial charge in [0.15, 0.2) is 0 Å². The molecule has 192 valence electrons. The highest BCUT2D eigenvalue weighted by Gasteiger charge is 2.26. The summed E-state index contributed by atoms with van der Waals surface area (Å²) in [6.45, 7) is 6.75. The molecule has 35 heavy (non-hydrogen) atoms. The van der Waals surface area contributed by atoms with Crippen LogP contribution < -0.4 is 9.62 Å². The van der Waals surface area contributed by atoms with Crippen LogP contribution in [0.5, 0.6) is 0 Å². The van der Waals surface area contributed by atoms with Gasteiger partial charge in [-0.2, -0.15) is 0 Å². The van der Waals surface area contributed by atoms with E-state index in [2.05, 4.69) is 28.2 Å². The molecule has 0 heterocycles. The third-order valence-corrected chi connectivity index (χ3v) is 7.40. The van der Waals surface area contributed by atoms with Gasteiger partial charge in [-0.05, 0) is 56.5 Å². The zero-order valence-corrected chi connectivity index (χ0v) is 23.4. The number of anilines is 1. The summed E-state index contributed by atoms with van der Waals surface area (Å²) >= 11 is 3.46. The molecule has 2 aromatic carbocycles. The second-order valence-corrected chi connectivity index (χ2v) is 11.6. The van der Waals surface area contributed by atoms with E-state index in [9.17, 15) is 18.0 Å².